The Balaban J connectivity index is 1.89. The lowest BCUT2D eigenvalue weighted by molar-refractivity contribution is -0.148. The van der Waals surface area contributed by atoms with Gasteiger partial charge < -0.3 is 9.15 Å². The summed E-state index contributed by atoms with van der Waals surface area (Å²) in [4.78, 5) is 15.7. The van der Waals surface area contributed by atoms with Crippen molar-refractivity contribution < 1.29 is 13.9 Å². The van der Waals surface area contributed by atoms with Crippen molar-refractivity contribution in [2.45, 2.75) is 26.4 Å². The first-order chi connectivity index (χ1) is 8.15. The van der Waals surface area contributed by atoms with E-state index in [9.17, 15) is 4.79 Å². The lowest BCUT2D eigenvalue weighted by Crippen LogP contribution is -2.10. The predicted octanol–water partition coefficient (Wildman–Crippen LogP) is 2.89. The Bertz CT molecular complexity index is 490. The van der Waals surface area contributed by atoms with Crippen LogP contribution in [0.15, 0.2) is 28.1 Å². The van der Waals surface area contributed by atoms with Crippen LogP contribution in [0.3, 0.4) is 0 Å². The zero-order valence-corrected chi connectivity index (χ0v) is 10.5. The van der Waals surface area contributed by atoms with Gasteiger partial charge in [-0.3, -0.25) is 4.79 Å². The van der Waals surface area contributed by atoms with Crippen molar-refractivity contribution in [2.75, 3.05) is 0 Å². The molecule has 17 heavy (non-hydrogen) atoms. The van der Waals surface area contributed by atoms with Crippen LogP contribution in [0.2, 0.25) is 0 Å². The SMILES string of the molecule is Cc1ccc(CC(=O)O[C@@H](C)c2nccs2)o1. The third-order valence-electron chi connectivity index (χ3n) is 2.22. The monoisotopic (exact) mass is 251 g/mol. The van der Waals surface area contributed by atoms with Crippen molar-refractivity contribution in [1.29, 1.82) is 0 Å². The van der Waals surface area contributed by atoms with E-state index < -0.39 is 0 Å². The fourth-order valence-corrected chi connectivity index (χ4v) is 2.07. The molecule has 0 bridgehead atoms. The van der Waals surface area contributed by atoms with Gasteiger partial charge in [-0.15, -0.1) is 11.3 Å². The number of furan rings is 1. The maximum absolute atomic E-state index is 11.6. The van der Waals surface area contributed by atoms with E-state index in [1.165, 1.54) is 11.3 Å². The molecule has 0 spiro atoms. The van der Waals surface area contributed by atoms with E-state index in [0.717, 1.165) is 10.8 Å². The standard InChI is InChI=1S/C12H13NO3S/c1-8-3-4-10(15-8)7-11(14)16-9(2)12-13-5-6-17-12/h3-6,9H,7H2,1-2H3/t9-/m0/s1. The van der Waals surface area contributed by atoms with Crippen LogP contribution >= 0.6 is 11.3 Å². The molecule has 2 aromatic heterocycles. The highest BCUT2D eigenvalue weighted by Crippen LogP contribution is 2.19. The molecule has 5 heteroatoms. The number of esters is 1. The molecule has 0 unspecified atom stereocenters. The van der Waals surface area contributed by atoms with Gasteiger partial charge in [-0.2, -0.15) is 0 Å². The molecule has 0 aliphatic heterocycles. The lowest BCUT2D eigenvalue weighted by Gasteiger charge is -2.09. The zero-order valence-electron chi connectivity index (χ0n) is 9.67. The summed E-state index contributed by atoms with van der Waals surface area (Å²) in [6, 6.07) is 3.61. The Morgan fingerprint density at radius 2 is 2.41 bits per heavy atom. The van der Waals surface area contributed by atoms with E-state index in [2.05, 4.69) is 4.98 Å². The highest BCUT2D eigenvalue weighted by Gasteiger charge is 2.15. The number of carbonyl (C=O) groups is 1. The molecule has 4 nitrogen and oxygen atoms in total. The molecule has 2 aromatic rings. The second kappa shape index (κ2) is 5.14. The molecule has 1 atom stereocenters. The van der Waals surface area contributed by atoms with Crippen LogP contribution in [0, 0.1) is 6.92 Å². The summed E-state index contributed by atoms with van der Waals surface area (Å²) in [5, 5.41) is 2.66. The number of carbonyl (C=O) groups excluding carboxylic acids is 1. The lowest BCUT2D eigenvalue weighted by atomic mass is 10.3. The van der Waals surface area contributed by atoms with Gasteiger partial charge in [0.1, 0.15) is 22.9 Å². The highest BCUT2D eigenvalue weighted by atomic mass is 32.1. The Morgan fingerprint density at radius 1 is 1.59 bits per heavy atom. The summed E-state index contributed by atoms with van der Waals surface area (Å²) in [6.45, 7) is 3.65. The number of rotatable bonds is 4. The Hall–Kier alpha value is -1.62. The normalized spacial score (nSPS) is 12.4. The Labute approximate surface area is 103 Å². The maximum atomic E-state index is 11.6. The maximum Gasteiger partial charge on any atom is 0.314 e. The van der Waals surface area contributed by atoms with Crippen LogP contribution in [0.1, 0.15) is 29.6 Å². The molecule has 0 aliphatic rings. The van der Waals surface area contributed by atoms with E-state index in [0.29, 0.717) is 5.76 Å². The average molecular weight is 251 g/mol. The van der Waals surface area contributed by atoms with E-state index in [4.69, 9.17) is 9.15 Å². The average Bonchev–Trinajstić information content (AvgIpc) is 2.89. The minimum Gasteiger partial charge on any atom is -0.466 e. The summed E-state index contributed by atoms with van der Waals surface area (Å²) >= 11 is 1.47. The van der Waals surface area contributed by atoms with Crippen molar-refractivity contribution in [3.8, 4) is 0 Å². The number of hydrogen-bond acceptors (Lipinski definition) is 5. The van der Waals surface area contributed by atoms with Gasteiger partial charge in [0.05, 0.1) is 0 Å². The third kappa shape index (κ3) is 3.17. The third-order valence-corrected chi connectivity index (χ3v) is 3.16. The van der Waals surface area contributed by atoms with Gasteiger partial charge >= 0.3 is 5.97 Å². The molecule has 0 aromatic carbocycles. The minimum absolute atomic E-state index is 0.156. The molecule has 0 fully saturated rings. The van der Waals surface area contributed by atoms with Gasteiger partial charge in [-0.1, -0.05) is 0 Å². The van der Waals surface area contributed by atoms with Gasteiger partial charge in [0.2, 0.25) is 0 Å². The van der Waals surface area contributed by atoms with Crippen LogP contribution in [0.25, 0.3) is 0 Å². The molecule has 0 N–H and O–H groups in total. The van der Waals surface area contributed by atoms with E-state index >= 15 is 0 Å². The van der Waals surface area contributed by atoms with Gasteiger partial charge in [-0.05, 0) is 26.0 Å². The number of hydrogen-bond donors (Lipinski definition) is 0. The van der Waals surface area contributed by atoms with Crippen LogP contribution in [-0.2, 0) is 16.0 Å². The second-order valence-corrected chi connectivity index (χ2v) is 4.62. The molecule has 0 aliphatic carbocycles. The molecular weight excluding hydrogens is 238 g/mol. The molecule has 2 rings (SSSR count). The van der Waals surface area contributed by atoms with E-state index in [1.807, 2.05) is 25.3 Å². The first-order valence-corrected chi connectivity index (χ1v) is 6.17. The van der Waals surface area contributed by atoms with E-state index in [-0.39, 0.29) is 18.5 Å². The summed E-state index contributed by atoms with van der Waals surface area (Å²) in [5.74, 6) is 1.11. The van der Waals surface area contributed by atoms with Crippen molar-refractivity contribution in [2.24, 2.45) is 0 Å². The summed E-state index contributed by atoms with van der Waals surface area (Å²) < 4.78 is 10.6. The van der Waals surface area contributed by atoms with Crippen LogP contribution in [-0.4, -0.2) is 11.0 Å². The molecule has 2 heterocycles. The first-order valence-electron chi connectivity index (χ1n) is 5.29. The topological polar surface area (TPSA) is 52.3 Å². The van der Waals surface area contributed by atoms with Crippen molar-refractivity contribution >= 4 is 17.3 Å². The molecule has 0 saturated carbocycles. The molecule has 0 radical (unpaired) electrons. The van der Waals surface area contributed by atoms with Crippen LogP contribution in [0.4, 0.5) is 0 Å². The number of aryl methyl sites for hydroxylation is 1. The minimum atomic E-state index is -0.307. The van der Waals surface area contributed by atoms with Crippen LogP contribution in [0.5, 0.6) is 0 Å². The Kier molecular flexibility index (Phi) is 3.58. The summed E-state index contributed by atoms with van der Waals surface area (Å²) in [5.41, 5.74) is 0. The van der Waals surface area contributed by atoms with Gasteiger partial charge in [0, 0.05) is 11.6 Å². The molecular formula is C12H13NO3S. The number of ether oxygens (including phenoxy) is 1. The quantitative estimate of drug-likeness (QED) is 0.784. The summed E-state index contributed by atoms with van der Waals surface area (Å²) in [6.07, 6.45) is 1.54. The largest absolute Gasteiger partial charge is 0.466 e. The van der Waals surface area contributed by atoms with Crippen molar-refractivity contribution in [3.63, 3.8) is 0 Å². The second-order valence-electron chi connectivity index (χ2n) is 3.69. The fraction of sp³-hybridized carbons (Fsp3) is 0.333. The van der Waals surface area contributed by atoms with Gasteiger partial charge in [-0.25, -0.2) is 4.98 Å². The smallest absolute Gasteiger partial charge is 0.314 e. The van der Waals surface area contributed by atoms with Gasteiger partial charge in [0.25, 0.3) is 0 Å². The molecule has 90 valence electrons. The molecule has 0 saturated heterocycles. The van der Waals surface area contributed by atoms with E-state index in [1.54, 1.807) is 12.3 Å². The van der Waals surface area contributed by atoms with Crippen LogP contribution < -0.4 is 0 Å². The van der Waals surface area contributed by atoms with Gasteiger partial charge in [0.15, 0.2) is 6.10 Å². The first kappa shape index (κ1) is 11.9. The van der Waals surface area contributed by atoms with Crippen molar-refractivity contribution in [3.05, 3.63) is 40.2 Å². The number of thiazole rings is 1. The fourth-order valence-electron chi connectivity index (χ4n) is 1.45. The zero-order chi connectivity index (χ0) is 12.3. The van der Waals surface area contributed by atoms with Crippen molar-refractivity contribution in [1.82, 2.24) is 4.98 Å². The number of aromatic nitrogens is 1. The predicted molar refractivity (Wildman–Crippen MR) is 63.8 cm³/mol. The highest BCUT2D eigenvalue weighted by molar-refractivity contribution is 7.09. The summed E-state index contributed by atoms with van der Waals surface area (Å²) in [7, 11) is 0. The number of nitrogens with zero attached hydrogens (tertiary/aromatic N) is 1. The molecule has 0 amide bonds. The Morgan fingerprint density at radius 3 is 3.00 bits per heavy atom.